The quantitative estimate of drug-likeness (QED) is 0.712. The van der Waals surface area contributed by atoms with Gasteiger partial charge in [-0.2, -0.15) is 0 Å². The first-order valence-electron chi connectivity index (χ1n) is 8.58. The molecule has 6 heteroatoms. The molecule has 0 N–H and O–H groups in total. The maximum absolute atomic E-state index is 13.0. The Morgan fingerprint density at radius 1 is 1.28 bits per heavy atom. The molecule has 3 aromatic rings. The number of likely N-dealkylation sites (tertiary alicyclic amines) is 1. The Kier molecular flexibility index (Phi) is 4.29. The highest BCUT2D eigenvalue weighted by atomic mass is 32.1. The van der Waals surface area contributed by atoms with E-state index in [9.17, 15) is 9.18 Å². The maximum atomic E-state index is 13.0. The Morgan fingerprint density at radius 2 is 2.00 bits per heavy atom. The first-order valence-corrected chi connectivity index (χ1v) is 9.39. The minimum atomic E-state index is -0.193. The van der Waals surface area contributed by atoms with Gasteiger partial charge in [-0.05, 0) is 49.8 Å². The molecule has 0 bridgehead atoms. The van der Waals surface area contributed by atoms with E-state index in [2.05, 4.69) is 4.98 Å². The van der Waals surface area contributed by atoms with Gasteiger partial charge in [0, 0.05) is 31.2 Å². The molecular formula is C19H20FN3OS. The monoisotopic (exact) mass is 357 g/mol. The number of carbonyl (C=O) groups is 1. The lowest BCUT2D eigenvalue weighted by atomic mass is 9.90. The molecule has 0 saturated carbocycles. The number of halogens is 1. The molecule has 4 rings (SSSR count). The van der Waals surface area contributed by atoms with Crippen molar-refractivity contribution in [2.75, 3.05) is 13.1 Å². The number of aryl methyl sites for hydroxylation is 1. The highest BCUT2D eigenvalue weighted by Gasteiger charge is 2.26. The molecule has 130 valence electrons. The largest absolute Gasteiger partial charge is 0.338 e. The van der Waals surface area contributed by atoms with Gasteiger partial charge in [-0.15, -0.1) is 0 Å². The lowest BCUT2D eigenvalue weighted by Gasteiger charge is -2.32. The Bertz CT molecular complexity index is 891. The van der Waals surface area contributed by atoms with Crippen LogP contribution in [0.15, 0.2) is 36.7 Å². The zero-order valence-corrected chi connectivity index (χ0v) is 14.9. The van der Waals surface area contributed by atoms with E-state index in [0.717, 1.165) is 47.9 Å². The van der Waals surface area contributed by atoms with Crippen LogP contribution in [-0.2, 0) is 6.42 Å². The molecular weight excluding hydrogens is 337 g/mol. The molecule has 4 nitrogen and oxygen atoms in total. The number of aromatic nitrogens is 2. The van der Waals surface area contributed by atoms with E-state index < -0.39 is 0 Å². The highest BCUT2D eigenvalue weighted by molar-refractivity contribution is 7.19. The average Bonchev–Trinajstić information content (AvgIpc) is 3.20. The SMILES string of the molecule is Cc1c(C(=O)N2CCC(Cc3ccc(F)cc3)CC2)sc2nccn12. The van der Waals surface area contributed by atoms with Crippen molar-refractivity contribution in [3.8, 4) is 0 Å². The fourth-order valence-corrected chi connectivity index (χ4v) is 4.59. The summed E-state index contributed by atoms with van der Waals surface area (Å²) in [6.45, 7) is 3.54. The van der Waals surface area contributed by atoms with E-state index in [0.29, 0.717) is 5.92 Å². The summed E-state index contributed by atoms with van der Waals surface area (Å²) in [5.74, 6) is 0.478. The average molecular weight is 357 g/mol. The molecule has 0 aliphatic carbocycles. The summed E-state index contributed by atoms with van der Waals surface area (Å²) in [4.78, 5) is 20.7. The number of carbonyl (C=O) groups excluding carboxylic acids is 1. The van der Waals surface area contributed by atoms with Gasteiger partial charge in [-0.25, -0.2) is 9.37 Å². The number of imidazole rings is 1. The lowest BCUT2D eigenvalue weighted by molar-refractivity contribution is 0.0694. The van der Waals surface area contributed by atoms with Crippen LogP contribution in [0.1, 0.15) is 33.8 Å². The van der Waals surface area contributed by atoms with Crippen LogP contribution in [0.4, 0.5) is 4.39 Å². The number of amides is 1. The Labute approximate surface area is 149 Å². The summed E-state index contributed by atoms with van der Waals surface area (Å²) >= 11 is 1.46. The molecule has 1 aliphatic heterocycles. The third-order valence-corrected chi connectivity index (χ3v) is 6.18. The molecule has 1 aromatic carbocycles. The topological polar surface area (TPSA) is 37.6 Å². The van der Waals surface area contributed by atoms with Crippen molar-refractivity contribution in [1.82, 2.24) is 14.3 Å². The molecule has 1 amide bonds. The molecule has 0 radical (unpaired) electrons. The second kappa shape index (κ2) is 6.59. The Hall–Kier alpha value is -2.21. The summed E-state index contributed by atoms with van der Waals surface area (Å²) < 4.78 is 15.0. The summed E-state index contributed by atoms with van der Waals surface area (Å²) in [5.41, 5.74) is 2.14. The first-order chi connectivity index (χ1) is 12.1. The van der Waals surface area contributed by atoms with Crippen LogP contribution in [0.5, 0.6) is 0 Å². The van der Waals surface area contributed by atoms with Gasteiger partial charge in [0.1, 0.15) is 10.7 Å². The number of benzene rings is 1. The lowest BCUT2D eigenvalue weighted by Crippen LogP contribution is -2.38. The van der Waals surface area contributed by atoms with Crippen molar-refractivity contribution >= 4 is 22.2 Å². The van der Waals surface area contributed by atoms with E-state index in [1.54, 1.807) is 6.20 Å². The van der Waals surface area contributed by atoms with Gasteiger partial charge in [-0.1, -0.05) is 23.5 Å². The van der Waals surface area contributed by atoms with Crippen LogP contribution in [0.25, 0.3) is 4.96 Å². The number of thiazole rings is 1. The Balaban J connectivity index is 1.39. The van der Waals surface area contributed by atoms with Gasteiger partial charge in [0.15, 0.2) is 4.96 Å². The van der Waals surface area contributed by atoms with E-state index in [1.165, 1.54) is 29.0 Å². The predicted molar refractivity (Wildman–Crippen MR) is 96.5 cm³/mol. The normalized spacial score (nSPS) is 15.8. The molecule has 1 saturated heterocycles. The summed E-state index contributed by atoms with van der Waals surface area (Å²) in [6.07, 6.45) is 6.59. The molecule has 0 atom stereocenters. The van der Waals surface area contributed by atoms with Crippen molar-refractivity contribution in [2.24, 2.45) is 5.92 Å². The zero-order valence-electron chi connectivity index (χ0n) is 14.1. The summed E-state index contributed by atoms with van der Waals surface area (Å²) in [5, 5.41) is 0. The Morgan fingerprint density at radius 3 is 2.68 bits per heavy atom. The van der Waals surface area contributed by atoms with Crippen LogP contribution >= 0.6 is 11.3 Å². The second-order valence-corrected chi connectivity index (χ2v) is 7.64. The standard InChI is InChI=1S/C19H20FN3OS/c1-13-17(25-19-21-8-11-23(13)19)18(24)22-9-6-15(7-10-22)12-14-2-4-16(20)5-3-14/h2-5,8,11,15H,6-7,9-10,12H2,1H3. The van der Waals surface area contributed by atoms with Crippen LogP contribution in [0, 0.1) is 18.7 Å². The molecule has 0 spiro atoms. The van der Waals surface area contributed by atoms with E-state index in [4.69, 9.17) is 0 Å². The number of nitrogens with zero attached hydrogens (tertiary/aromatic N) is 3. The third kappa shape index (κ3) is 3.18. The van der Waals surface area contributed by atoms with Crippen molar-refractivity contribution in [1.29, 1.82) is 0 Å². The number of rotatable bonds is 3. The molecule has 1 aliphatic rings. The number of hydrogen-bond donors (Lipinski definition) is 0. The number of hydrogen-bond acceptors (Lipinski definition) is 3. The van der Waals surface area contributed by atoms with Gasteiger partial charge in [0.25, 0.3) is 5.91 Å². The fourth-order valence-electron chi connectivity index (χ4n) is 3.53. The van der Waals surface area contributed by atoms with E-state index in [-0.39, 0.29) is 11.7 Å². The van der Waals surface area contributed by atoms with E-state index >= 15 is 0 Å². The van der Waals surface area contributed by atoms with Crippen LogP contribution in [0.2, 0.25) is 0 Å². The summed E-state index contributed by atoms with van der Waals surface area (Å²) in [7, 11) is 0. The second-order valence-electron chi connectivity index (χ2n) is 6.66. The summed E-state index contributed by atoms with van der Waals surface area (Å²) in [6, 6.07) is 6.75. The van der Waals surface area contributed by atoms with Crippen LogP contribution < -0.4 is 0 Å². The molecule has 2 aromatic heterocycles. The molecule has 3 heterocycles. The minimum Gasteiger partial charge on any atom is -0.338 e. The smallest absolute Gasteiger partial charge is 0.265 e. The zero-order chi connectivity index (χ0) is 17.4. The number of fused-ring (bicyclic) bond motifs is 1. The first kappa shape index (κ1) is 16.3. The highest BCUT2D eigenvalue weighted by Crippen LogP contribution is 2.27. The van der Waals surface area contributed by atoms with Gasteiger partial charge in [-0.3, -0.25) is 9.20 Å². The molecule has 0 unspecified atom stereocenters. The van der Waals surface area contributed by atoms with Crippen molar-refractivity contribution in [3.63, 3.8) is 0 Å². The van der Waals surface area contributed by atoms with Gasteiger partial charge in [0.2, 0.25) is 0 Å². The van der Waals surface area contributed by atoms with Crippen LogP contribution in [0.3, 0.4) is 0 Å². The molecule has 1 fully saturated rings. The van der Waals surface area contributed by atoms with Gasteiger partial charge < -0.3 is 4.90 Å². The van der Waals surface area contributed by atoms with Crippen molar-refractivity contribution < 1.29 is 9.18 Å². The van der Waals surface area contributed by atoms with Crippen LogP contribution in [-0.4, -0.2) is 33.3 Å². The maximum Gasteiger partial charge on any atom is 0.265 e. The van der Waals surface area contributed by atoms with Crippen molar-refractivity contribution in [3.05, 3.63) is 58.6 Å². The molecule has 25 heavy (non-hydrogen) atoms. The number of piperidine rings is 1. The van der Waals surface area contributed by atoms with Gasteiger partial charge in [0.05, 0.1) is 0 Å². The van der Waals surface area contributed by atoms with Crippen molar-refractivity contribution in [2.45, 2.75) is 26.2 Å². The minimum absolute atomic E-state index is 0.119. The van der Waals surface area contributed by atoms with Gasteiger partial charge >= 0.3 is 0 Å². The third-order valence-electron chi connectivity index (χ3n) is 5.02. The fraction of sp³-hybridized carbons (Fsp3) is 0.368. The van der Waals surface area contributed by atoms with E-state index in [1.807, 2.05) is 34.6 Å². The predicted octanol–water partition coefficient (Wildman–Crippen LogP) is 3.94.